The van der Waals surface area contributed by atoms with Crippen LogP contribution in [0.5, 0.6) is 0 Å². The average Bonchev–Trinajstić information content (AvgIpc) is 2.31. The Labute approximate surface area is 101 Å². The largest absolute Gasteiger partial charge is 0.103 e. The summed E-state index contributed by atoms with van der Waals surface area (Å²) in [6.45, 7) is 16.5. The predicted octanol–water partition coefficient (Wildman–Crippen LogP) is 5.41. The molecule has 0 fully saturated rings. The molecule has 0 aliphatic carbocycles. The molecule has 0 aromatic heterocycles. The number of hydrogen-bond donors (Lipinski definition) is 0. The normalized spacial score (nSPS) is 7.44. The van der Waals surface area contributed by atoms with Gasteiger partial charge in [0, 0.05) is 0 Å². The molecule has 0 atom stereocenters. The van der Waals surface area contributed by atoms with Gasteiger partial charge >= 0.3 is 0 Å². The first-order valence-electron chi connectivity index (χ1n) is 5.53. The van der Waals surface area contributed by atoms with Crippen LogP contribution in [-0.4, -0.2) is 0 Å². The van der Waals surface area contributed by atoms with Gasteiger partial charge in [-0.2, -0.15) is 0 Å². The highest BCUT2D eigenvalue weighted by molar-refractivity contribution is 5.46. The molecule has 0 saturated carbocycles. The average molecular weight is 216 g/mol. The van der Waals surface area contributed by atoms with E-state index in [1.807, 2.05) is 19.1 Å². The van der Waals surface area contributed by atoms with E-state index in [1.54, 1.807) is 6.08 Å². The smallest absolute Gasteiger partial charge is 0.0262 e. The van der Waals surface area contributed by atoms with Gasteiger partial charge in [0.2, 0.25) is 0 Å². The molecular formula is C16H24. The molecule has 0 N–H and O–H groups in total. The van der Waals surface area contributed by atoms with E-state index < -0.39 is 0 Å². The van der Waals surface area contributed by atoms with Gasteiger partial charge in [-0.05, 0) is 25.8 Å². The molecule has 1 aromatic rings. The molecule has 0 spiro atoms. The molecule has 0 saturated heterocycles. The maximum absolute atomic E-state index is 3.66. The number of allylic oxidation sites excluding steroid dienone is 2. The van der Waals surface area contributed by atoms with Gasteiger partial charge < -0.3 is 0 Å². The van der Waals surface area contributed by atoms with E-state index in [4.69, 9.17) is 0 Å². The number of aryl methyl sites for hydroxylation is 1. The Morgan fingerprint density at radius 2 is 1.44 bits per heavy atom. The van der Waals surface area contributed by atoms with E-state index in [2.05, 4.69) is 57.8 Å². The molecule has 0 unspecified atom stereocenters. The van der Waals surface area contributed by atoms with E-state index in [0.717, 1.165) is 6.42 Å². The third-order valence-corrected chi connectivity index (χ3v) is 1.60. The zero-order valence-corrected chi connectivity index (χ0v) is 10.9. The van der Waals surface area contributed by atoms with Gasteiger partial charge in [-0.3, -0.25) is 0 Å². The second-order valence-electron chi connectivity index (χ2n) is 3.22. The SMILES string of the molecule is C=CC.C=CCC.C=Cc1ccc(C)cc1. The molecule has 0 aliphatic rings. The summed E-state index contributed by atoms with van der Waals surface area (Å²) in [5.74, 6) is 0. The van der Waals surface area contributed by atoms with Crippen molar-refractivity contribution in [1.29, 1.82) is 0 Å². The molecule has 1 aromatic carbocycles. The first kappa shape index (κ1) is 16.9. The zero-order chi connectivity index (χ0) is 12.8. The first-order valence-corrected chi connectivity index (χ1v) is 5.53. The molecule has 0 heterocycles. The number of hydrogen-bond acceptors (Lipinski definition) is 0. The molecule has 0 nitrogen and oxygen atoms in total. The lowest BCUT2D eigenvalue weighted by molar-refractivity contribution is 1.23. The lowest BCUT2D eigenvalue weighted by Crippen LogP contribution is -1.71. The predicted molar refractivity (Wildman–Crippen MR) is 77.6 cm³/mol. The maximum atomic E-state index is 3.66. The lowest BCUT2D eigenvalue weighted by atomic mass is 10.2. The van der Waals surface area contributed by atoms with E-state index in [-0.39, 0.29) is 0 Å². The van der Waals surface area contributed by atoms with E-state index in [1.165, 1.54) is 11.1 Å². The molecule has 0 heteroatoms. The van der Waals surface area contributed by atoms with Crippen molar-refractivity contribution in [2.75, 3.05) is 0 Å². The second kappa shape index (κ2) is 13.4. The Bertz CT molecular complexity index is 277. The Balaban J connectivity index is 0. The molecule has 16 heavy (non-hydrogen) atoms. The Morgan fingerprint density at radius 1 is 1.06 bits per heavy atom. The van der Waals surface area contributed by atoms with Crippen LogP contribution in [0.25, 0.3) is 6.08 Å². The Hall–Kier alpha value is -1.56. The van der Waals surface area contributed by atoms with Crippen molar-refractivity contribution in [2.24, 2.45) is 0 Å². The molecule has 0 amide bonds. The van der Waals surface area contributed by atoms with Crippen molar-refractivity contribution in [2.45, 2.75) is 27.2 Å². The van der Waals surface area contributed by atoms with Gasteiger partial charge in [0.05, 0.1) is 0 Å². The second-order valence-corrected chi connectivity index (χ2v) is 3.22. The van der Waals surface area contributed by atoms with Crippen LogP contribution in [-0.2, 0) is 0 Å². The number of rotatable bonds is 2. The summed E-state index contributed by atoms with van der Waals surface area (Å²) in [7, 11) is 0. The van der Waals surface area contributed by atoms with Crippen molar-refractivity contribution in [3.8, 4) is 0 Å². The molecular weight excluding hydrogens is 192 g/mol. The van der Waals surface area contributed by atoms with E-state index in [0.29, 0.717) is 0 Å². The van der Waals surface area contributed by atoms with Gasteiger partial charge in [0.15, 0.2) is 0 Å². The van der Waals surface area contributed by atoms with E-state index in [9.17, 15) is 0 Å². The lowest BCUT2D eigenvalue weighted by Gasteiger charge is -1.91. The van der Waals surface area contributed by atoms with Crippen LogP contribution in [0.15, 0.2) is 56.2 Å². The van der Waals surface area contributed by atoms with Crippen LogP contribution in [0.2, 0.25) is 0 Å². The van der Waals surface area contributed by atoms with Gasteiger partial charge in [0.25, 0.3) is 0 Å². The highest BCUT2D eigenvalue weighted by atomic mass is 13.9. The fourth-order valence-corrected chi connectivity index (χ4v) is 0.703. The minimum atomic E-state index is 1.08. The first-order chi connectivity index (χ1) is 7.65. The fraction of sp³-hybridized carbons (Fsp3) is 0.250. The van der Waals surface area contributed by atoms with Crippen molar-refractivity contribution in [3.05, 3.63) is 67.3 Å². The van der Waals surface area contributed by atoms with Gasteiger partial charge in [0.1, 0.15) is 0 Å². The third-order valence-electron chi connectivity index (χ3n) is 1.60. The quantitative estimate of drug-likeness (QED) is 0.580. The highest BCUT2D eigenvalue weighted by Crippen LogP contribution is 2.02. The van der Waals surface area contributed by atoms with Crippen LogP contribution in [0.4, 0.5) is 0 Å². The summed E-state index contributed by atoms with van der Waals surface area (Å²) < 4.78 is 0. The number of benzene rings is 1. The molecule has 0 radical (unpaired) electrons. The zero-order valence-electron chi connectivity index (χ0n) is 10.9. The standard InChI is InChI=1S/C9H10.C4H8.C3H6/c1-3-9-6-4-8(2)5-7-9;1-3-4-2;1-3-2/h3-7H,1H2,2H3;3H,1,4H2,2H3;3H,1H2,2H3. The topological polar surface area (TPSA) is 0 Å². The molecule has 88 valence electrons. The highest BCUT2D eigenvalue weighted by Gasteiger charge is 1.82. The summed E-state index contributed by atoms with van der Waals surface area (Å²) in [4.78, 5) is 0. The van der Waals surface area contributed by atoms with Gasteiger partial charge in [-0.15, -0.1) is 13.2 Å². The summed E-state index contributed by atoms with van der Waals surface area (Å²) in [6, 6.07) is 8.28. The van der Waals surface area contributed by atoms with Crippen molar-refractivity contribution >= 4 is 6.08 Å². The third kappa shape index (κ3) is 12.4. The van der Waals surface area contributed by atoms with Gasteiger partial charge in [-0.25, -0.2) is 0 Å². The fourth-order valence-electron chi connectivity index (χ4n) is 0.703. The summed E-state index contributed by atoms with van der Waals surface area (Å²) in [5.41, 5.74) is 2.47. The molecule has 0 aliphatic heterocycles. The maximum Gasteiger partial charge on any atom is -0.0262 e. The van der Waals surface area contributed by atoms with E-state index >= 15 is 0 Å². The summed E-state index contributed by atoms with van der Waals surface area (Å²) in [6.07, 6.45) is 6.56. The molecule has 1 rings (SSSR count). The Morgan fingerprint density at radius 3 is 1.69 bits per heavy atom. The molecule has 0 bridgehead atoms. The van der Waals surface area contributed by atoms with Crippen molar-refractivity contribution < 1.29 is 0 Å². The van der Waals surface area contributed by atoms with Crippen LogP contribution in [0.1, 0.15) is 31.4 Å². The van der Waals surface area contributed by atoms with Gasteiger partial charge in [-0.1, -0.05) is 61.6 Å². The van der Waals surface area contributed by atoms with Crippen LogP contribution in [0.3, 0.4) is 0 Å². The van der Waals surface area contributed by atoms with Crippen molar-refractivity contribution in [3.63, 3.8) is 0 Å². The summed E-state index contributed by atoms with van der Waals surface area (Å²) in [5, 5.41) is 0. The van der Waals surface area contributed by atoms with Crippen LogP contribution >= 0.6 is 0 Å². The minimum absolute atomic E-state index is 1.08. The Kier molecular flexibility index (Phi) is 14.2. The minimum Gasteiger partial charge on any atom is -0.103 e. The summed E-state index contributed by atoms with van der Waals surface area (Å²) >= 11 is 0. The van der Waals surface area contributed by atoms with Crippen LogP contribution in [0, 0.1) is 6.92 Å². The monoisotopic (exact) mass is 216 g/mol. The van der Waals surface area contributed by atoms with Crippen LogP contribution < -0.4 is 0 Å². The van der Waals surface area contributed by atoms with Crippen molar-refractivity contribution in [1.82, 2.24) is 0 Å².